The van der Waals surface area contributed by atoms with Crippen molar-refractivity contribution in [2.24, 2.45) is 0 Å². The van der Waals surface area contributed by atoms with Crippen molar-refractivity contribution < 1.29 is 14.3 Å². The minimum Gasteiger partial charge on any atom is -0.490 e. The molecule has 0 heterocycles. The summed E-state index contributed by atoms with van der Waals surface area (Å²) in [7, 11) is 0. The minimum absolute atomic E-state index is 0.177. The van der Waals surface area contributed by atoms with Gasteiger partial charge in [0.2, 0.25) is 0 Å². The monoisotopic (exact) mass is 358 g/mol. The van der Waals surface area contributed by atoms with Gasteiger partial charge in [0, 0.05) is 6.42 Å². The van der Waals surface area contributed by atoms with Crippen LogP contribution in [0.15, 0.2) is 78.9 Å². The van der Waals surface area contributed by atoms with Crippen LogP contribution < -0.4 is 4.74 Å². The first-order valence-electron chi connectivity index (χ1n) is 9.32. The molecule has 3 aromatic rings. The van der Waals surface area contributed by atoms with Crippen molar-refractivity contribution in [2.45, 2.75) is 32.0 Å². The summed E-state index contributed by atoms with van der Waals surface area (Å²) in [5, 5.41) is 0. The molecule has 3 aromatic carbocycles. The third-order valence-electron chi connectivity index (χ3n) is 4.88. The molecule has 4 rings (SSSR count). The Labute approximate surface area is 159 Å². The number of para-hydroxylation sites is 1. The standard InChI is InChI=1S/C24H22O3/c25-24(26-17-18-7-3-1-4-8-18)21-12-11-20-16-23(14-13-19(20)15-21)27-22-9-5-2-6-10-22/h1-12,15,23H,13-14,16-17H2. The zero-order valence-electron chi connectivity index (χ0n) is 15.1. The van der Waals surface area contributed by atoms with Gasteiger partial charge in [-0.05, 0) is 53.8 Å². The molecule has 0 N–H and O–H groups in total. The highest BCUT2D eigenvalue weighted by Gasteiger charge is 2.21. The van der Waals surface area contributed by atoms with E-state index in [1.54, 1.807) is 0 Å². The van der Waals surface area contributed by atoms with Crippen LogP contribution in [0.5, 0.6) is 5.75 Å². The highest BCUT2D eigenvalue weighted by atomic mass is 16.5. The first-order chi connectivity index (χ1) is 13.3. The van der Waals surface area contributed by atoms with Crippen LogP contribution in [0, 0.1) is 0 Å². The van der Waals surface area contributed by atoms with Crippen LogP contribution in [0.3, 0.4) is 0 Å². The molecule has 136 valence electrons. The molecule has 1 aliphatic rings. The Morgan fingerprint density at radius 3 is 2.41 bits per heavy atom. The third-order valence-corrected chi connectivity index (χ3v) is 4.88. The molecule has 3 nitrogen and oxygen atoms in total. The van der Waals surface area contributed by atoms with Gasteiger partial charge in [0.1, 0.15) is 18.5 Å². The SMILES string of the molecule is O=C(OCc1ccccc1)c1ccc2c(c1)CCC(Oc1ccccc1)C2. The van der Waals surface area contributed by atoms with Gasteiger partial charge in [-0.25, -0.2) is 4.79 Å². The Bertz CT molecular complexity index is 903. The molecule has 0 bridgehead atoms. The molecule has 1 aliphatic carbocycles. The topological polar surface area (TPSA) is 35.5 Å². The number of carbonyl (C=O) groups is 1. The van der Waals surface area contributed by atoms with Gasteiger partial charge in [0.15, 0.2) is 0 Å². The fourth-order valence-electron chi connectivity index (χ4n) is 3.45. The van der Waals surface area contributed by atoms with Gasteiger partial charge in [0.25, 0.3) is 0 Å². The Kier molecular flexibility index (Phi) is 5.20. The maximum atomic E-state index is 12.4. The molecule has 0 saturated carbocycles. The van der Waals surface area contributed by atoms with Crippen LogP contribution in [0.1, 0.15) is 33.5 Å². The molecule has 0 radical (unpaired) electrons. The smallest absolute Gasteiger partial charge is 0.338 e. The van der Waals surface area contributed by atoms with Crippen LogP contribution >= 0.6 is 0 Å². The molecule has 3 heteroatoms. The Morgan fingerprint density at radius 2 is 1.63 bits per heavy atom. The van der Waals surface area contributed by atoms with Crippen molar-refractivity contribution in [2.75, 3.05) is 0 Å². The number of esters is 1. The maximum Gasteiger partial charge on any atom is 0.338 e. The number of hydrogen-bond acceptors (Lipinski definition) is 3. The lowest BCUT2D eigenvalue weighted by molar-refractivity contribution is 0.0472. The van der Waals surface area contributed by atoms with Crippen molar-refractivity contribution in [3.05, 3.63) is 101 Å². The second-order valence-corrected chi connectivity index (χ2v) is 6.84. The highest BCUT2D eigenvalue weighted by molar-refractivity contribution is 5.89. The van der Waals surface area contributed by atoms with E-state index < -0.39 is 0 Å². The number of ether oxygens (including phenoxy) is 2. The van der Waals surface area contributed by atoms with Crippen LogP contribution in [-0.4, -0.2) is 12.1 Å². The first-order valence-corrected chi connectivity index (χ1v) is 9.32. The van der Waals surface area contributed by atoms with Gasteiger partial charge in [0.05, 0.1) is 5.56 Å². The van der Waals surface area contributed by atoms with Crippen LogP contribution in [-0.2, 0) is 24.2 Å². The quantitative estimate of drug-likeness (QED) is 0.604. The predicted octanol–water partition coefficient (Wildman–Crippen LogP) is 4.98. The van der Waals surface area contributed by atoms with E-state index in [1.165, 1.54) is 11.1 Å². The number of benzene rings is 3. The van der Waals surface area contributed by atoms with Gasteiger partial charge in [-0.1, -0.05) is 54.6 Å². The molecular weight excluding hydrogens is 336 g/mol. The molecule has 1 atom stereocenters. The van der Waals surface area contributed by atoms with Gasteiger partial charge >= 0.3 is 5.97 Å². The lowest BCUT2D eigenvalue weighted by atomic mass is 9.88. The van der Waals surface area contributed by atoms with Crippen LogP contribution in [0.25, 0.3) is 0 Å². The summed E-state index contributed by atoms with van der Waals surface area (Å²) >= 11 is 0. The van der Waals surface area contributed by atoms with Crippen molar-refractivity contribution in [1.82, 2.24) is 0 Å². The van der Waals surface area contributed by atoms with Crippen molar-refractivity contribution in [3.63, 3.8) is 0 Å². The fourth-order valence-corrected chi connectivity index (χ4v) is 3.45. The molecule has 27 heavy (non-hydrogen) atoms. The second kappa shape index (κ2) is 8.09. The summed E-state index contributed by atoms with van der Waals surface area (Å²) in [5.74, 6) is 0.636. The van der Waals surface area contributed by atoms with E-state index in [2.05, 4.69) is 0 Å². The van der Waals surface area contributed by atoms with Crippen LogP contribution in [0.4, 0.5) is 0 Å². The third kappa shape index (κ3) is 4.37. The molecule has 0 spiro atoms. The first kappa shape index (κ1) is 17.3. The molecule has 0 aliphatic heterocycles. The number of rotatable bonds is 5. The number of aryl methyl sites for hydroxylation is 1. The summed E-state index contributed by atoms with van der Waals surface area (Å²) in [5.41, 5.74) is 4.08. The van der Waals surface area contributed by atoms with Gasteiger partial charge in [-0.3, -0.25) is 0 Å². The second-order valence-electron chi connectivity index (χ2n) is 6.84. The largest absolute Gasteiger partial charge is 0.490 e. The average Bonchev–Trinajstić information content (AvgIpc) is 2.73. The lowest BCUT2D eigenvalue weighted by Gasteiger charge is -2.26. The van der Waals surface area contributed by atoms with Gasteiger partial charge in [-0.2, -0.15) is 0 Å². The molecule has 0 amide bonds. The zero-order chi connectivity index (χ0) is 18.5. The summed E-state index contributed by atoms with van der Waals surface area (Å²) in [6.07, 6.45) is 2.90. The molecular formula is C24H22O3. The van der Waals surface area contributed by atoms with E-state index in [0.717, 1.165) is 30.6 Å². The normalized spacial score (nSPS) is 15.6. The fraction of sp³-hybridized carbons (Fsp3) is 0.208. The minimum atomic E-state index is -0.274. The number of hydrogen-bond donors (Lipinski definition) is 0. The molecule has 0 saturated heterocycles. The maximum absolute atomic E-state index is 12.4. The summed E-state index contributed by atoms with van der Waals surface area (Å²) in [6, 6.07) is 25.5. The lowest BCUT2D eigenvalue weighted by Crippen LogP contribution is -2.25. The summed E-state index contributed by atoms with van der Waals surface area (Å²) in [4.78, 5) is 12.4. The highest BCUT2D eigenvalue weighted by Crippen LogP contribution is 2.26. The van der Waals surface area contributed by atoms with E-state index in [-0.39, 0.29) is 12.1 Å². The van der Waals surface area contributed by atoms with Crippen molar-refractivity contribution in [3.8, 4) is 5.75 Å². The van der Waals surface area contributed by atoms with E-state index >= 15 is 0 Å². The molecule has 0 fully saturated rings. The number of fused-ring (bicyclic) bond motifs is 1. The van der Waals surface area contributed by atoms with Crippen LogP contribution in [0.2, 0.25) is 0 Å². The van der Waals surface area contributed by atoms with E-state index in [0.29, 0.717) is 12.2 Å². The van der Waals surface area contributed by atoms with Crippen molar-refractivity contribution >= 4 is 5.97 Å². The average molecular weight is 358 g/mol. The molecule has 1 unspecified atom stereocenters. The van der Waals surface area contributed by atoms with Crippen molar-refractivity contribution in [1.29, 1.82) is 0 Å². The Hall–Kier alpha value is -3.07. The summed E-state index contributed by atoms with van der Waals surface area (Å²) in [6.45, 7) is 0.295. The van der Waals surface area contributed by atoms with Gasteiger partial charge in [-0.15, -0.1) is 0 Å². The Balaban J connectivity index is 1.38. The molecule has 0 aromatic heterocycles. The van der Waals surface area contributed by atoms with E-state index in [1.807, 2.05) is 78.9 Å². The number of carbonyl (C=O) groups excluding carboxylic acids is 1. The summed E-state index contributed by atoms with van der Waals surface area (Å²) < 4.78 is 11.5. The van der Waals surface area contributed by atoms with E-state index in [4.69, 9.17) is 9.47 Å². The van der Waals surface area contributed by atoms with Gasteiger partial charge < -0.3 is 9.47 Å². The zero-order valence-corrected chi connectivity index (χ0v) is 15.1. The Morgan fingerprint density at radius 1 is 0.889 bits per heavy atom. The van der Waals surface area contributed by atoms with E-state index in [9.17, 15) is 4.79 Å². The predicted molar refractivity (Wildman–Crippen MR) is 105 cm³/mol.